The minimum absolute atomic E-state index is 0.595. The molecule has 2 heteroatoms. The van der Waals surface area contributed by atoms with Gasteiger partial charge in [0, 0.05) is 12.1 Å². The van der Waals surface area contributed by atoms with Crippen molar-refractivity contribution < 1.29 is 0 Å². The monoisotopic (exact) mass is 200 g/mol. The smallest absolute Gasteiger partial charge is 0.0218 e. The normalized spacial score (nSPS) is 15.4. The van der Waals surface area contributed by atoms with E-state index in [1.165, 1.54) is 25.7 Å². The molecule has 0 aliphatic heterocycles. The highest BCUT2D eigenvalue weighted by molar-refractivity contribution is 4.77. The molecule has 0 aliphatic rings. The Labute approximate surface area is 89.9 Å². The molecule has 0 rings (SSSR count). The Kier molecular flexibility index (Phi) is 9.42. The van der Waals surface area contributed by atoms with Crippen LogP contribution in [0.1, 0.15) is 53.4 Å². The fraction of sp³-hybridized carbons (Fsp3) is 1.00. The van der Waals surface area contributed by atoms with Gasteiger partial charge in [-0.15, -0.1) is 0 Å². The molecule has 0 spiro atoms. The van der Waals surface area contributed by atoms with Crippen molar-refractivity contribution in [2.75, 3.05) is 13.1 Å². The number of rotatable bonds is 9. The van der Waals surface area contributed by atoms with Gasteiger partial charge < -0.3 is 10.6 Å². The van der Waals surface area contributed by atoms with Crippen LogP contribution in [0, 0.1) is 0 Å². The summed E-state index contributed by atoms with van der Waals surface area (Å²) in [6.45, 7) is 11.2. The van der Waals surface area contributed by atoms with Crippen LogP contribution in [0.3, 0.4) is 0 Å². The number of unbranched alkanes of at least 4 members (excludes halogenated alkanes) is 1. The zero-order valence-electron chi connectivity index (χ0n) is 10.4. The molecule has 0 heterocycles. The van der Waals surface area contributed by atoms with E-state index in [2.05, 4.69) is 38.3 Å². The van der Waals surface area contributed by atoms with Crippen LogP contribution in [-0.4, -0.2) is 25.2 Å². The van der Waals surface area contributed by atoms with Gasteiger partial charge >= 0.3 is 0 Å². The second-order valence-corrected chi connectivity index (χ2v) is 4.05. The summed E-state index contributed by atoms with van der Waals surface area (Å²) in [6.07, 6.45) is 5.15. The fourth-order valence-corrected chi connectivity index (χ4v) is 1.75. The highest BCUT2D eigenvalue weighted by Crippen LogP contribution is 2.05. The van der Waals surface area contributed by atoms with Gasteiger partial charge in [0.2, 0.25) is 0 Å². The molecule has 0 bridgehead atoms. The zero-order valence-corrected chi connectivity index (χ0v) is 10.4. The molecule has 0 aromatic rings. The zero-order chi connectivity index (χ0) is 10.8. The third kappa shape index (κ3) is 6.39. The average molecular weight is 200 g/mol. The van der Waals surface area contributed by atoms with E-state index in [4.69, 9.17) is 0 Å². The van der Waals surface area contributed by atoms with Crippen molar-refractivity contribution >= 4 is 0 Å². The van der Waals surface area contributed by atoms with Crippen molar-refractivity contribution in [2.45, 2.75) is 65.5 Å². The van der Waals surface area contributed by atoms with Crippen LogP contribution in [0.4, 0.5) is 0 Å². The number of hydrogen-bond donors (Lipinski definition) is 2. The Morgan fingerprint density at radius 2 is 1.71 bits per heavy atom. The number of hydrogen-bond acceptors (Lipinski definition) is 2. The minimum atomic E-state index is 0.595. The van der Waals surface area contributed by atoms with E-state index in [9.17, 15) is 0 Å². The third-order valence-electron chi connectivity index (χ3n) is 2.65. The summed E-state index contributed by atoms with van der Waals surface area (Å²) >= 11 is 0. The summed E-state index contributed by atoms with van der Waals surface area (Å²) < 4.78 is 0. The predicted molar refractivity (Wildman–Crippen MR) is 64.7 cm³/mol. The maximum absolute atomic E-state index is 3.63. The Morgan fingerprint density at radius 1 is 1.00 bits per heavy atom. The van der Waals surface area contributed by atoms with Crippen molar-refractivity contribution in [3.8, 4) is 0 Å². The SMILES string of the molecule is CCCCC(NCCC)C(C)NCC. The quantitative estimate of drug-likeness (QED) is 0.598. The summed E-state index contributed by atoms with van der Waals surface area (Å²) in [6, 6.07) is 1.24. The molecular formula is C12H28N2. The van der Waals surface area contributed by atoms with Gasteiger partial charge in [0.15, 0.2) is 0 Å². The lowest BCUT2D eigenvalue weighted by Gasteiger charge is -2.25. The molecule has 0 radical (unpaired) electrons. The molecule has 2 N–H and O–H groups in total. The van der Waals surface area contributed by atoms with E-state index < -0.39 is 0 Å². The van der Waals surface area contributed by atoms with E-state index >= 15 is 0 Å². The maximum Gasteiger partial charge on any atom is 0.0218 e. The van der Waals surface area contributed by atoms with E-state index in [1.807, 2.05) is 0 Å². The van der Waals surface area contributed by atoms with Crippen LogP contribution in [0.25, 0.3) is 0 Å². The minimum Gasteiger partial charge on any atom is -0.313 e. The Bertz CT molecular complexity index is 107. The molecule has 86 valence electrons. The first-order valence-electron chi connectivity index (χ1n) is 6.22. The van der Waals surface area contributed by atoms with Crippen LogP contribution < -0.4 is 10.6 Å². The highest BCUT2D eigenvalue weighted by Gasteiger charge is 2.14. The molecule has 0 aromatic heterocycles. The lowest BCUT2D eigenvalue weighted by molar-refractivity contribution is 0.367. The topological polar surface area (TPSA) is 24.1 Å². The lowest BCUT2D eigenvalue weighted by Crippen LogP contribution is -2.46. The van der Waals surface area contributed by atoms with Gasteiger partial charge in [0.05, 0.1) is 0 Å². The maximum atomic E-state index is 3.63. The van der Waals surface area contributed by atoms with Crippen LogP contribution in [-0.2, 0) is 0 Å². The summed E-state index contributed by atoms with van der Waals surface area (Å²) in [5.74, 6) is 0. The van der Waals surface area contributed by atoms with Gasteiger partial charge in [-0.25, -0.2) is 0 Å². The second kappa shape index (κ2) is 9.47. The van der Waals surface area contributed by atoms with E-state index in [0.29, 0.717) is 12.1 Å². The van der Waals surface area contributed by atoms with Crippen molar-refractivity contribution in [3.05, 3.63) is 0 Å². The van der Waals surface area contributed by atoms with Gasteiger partial charge in [-0.3, -0.25) is 0 Å². The van der Waals surface area contributed by atoms with Gasteiger partial charge in [0.25, 0.3) is 0 Å². The number of nitrogens with one attached hydrogen (secondary N) is 2. The molecule has 0 saturated carbocycles. The summed E-state index contributed by atoms with van der Waals surface area (Å²) in [5, 5.41) is 7.13. The molecule has 14 heavy (non-hydrogen) atoms. The lowest BCUT2D eigenvalue weighted by atomic mass is 10.0. The molecule has 0 saturated heterocycles. The fourth-order valence-electron chi connectivity index (χ4n) is 1.75. The summed E-state index contributed by atoms with van der Waals surface area (Å²) in [5.41, 5.74) is 0. The molecule has 2 unspecified atom stereocenters. The van der Waals surface area contributed by atoms with Gasteiger partial charge in [-0.2, -0.15) is 0 Å². The summed E-state index contributed by atoms with van der Waals surface area (Å²) in [4.78, 5) is 0. The average Bonchev–Trinajstić information content (AvgIpc) is 2.18. The Balaban J connectivity index is 3.81. The Hall–Kier alpha value is -0.0800. The summed E-state index contributed by atoms with van der Waals surface area (Å²) in [7, 11) is 0. The van der Waals surface area contributed by atoms with E-state index in [0.717, 1.165) is 13.1 Å². The van der Waals surface area contributed by atoms with Crippen molar-refractivity contribution in [1.82, 2.24) is 10.6 Å². The van der Waals surface area contributed by atoms with Gasteiger partial charge in [-0.05, 0) is 32.9 Å². The number of likely N-dealkylation sites (N-methyl/N-ethyl adjacent to an activating group) is 1. The molecule has 0 amide bonds. The molecule has 0 aromatic carbocycles. The third-order valence-corrected chi connectivity index (χ3v) is 2.65. The Morgan fingerprint density at radius 3 is 2.21 bits per heavy atom. The highest BCUT2D eigenvalue weighted by atomic mass is 15.0. The van der Waals surface area contributed by atoms with Gasteiger partial charge in [0.1, 0.15) is 0 Å². The first kappa shape index (κ1) is 13.9. The molecule has 0 fully saturated rings. The molecular weight excluding hydrogens is 172 g/mol. The van der Waals surface area contributed by atoms with E-state index in [1.54, 1.807) is 0 Å². The first-order valence-corrected chi connectivity index (χ1v) is 6.22. The standard InChI is InChI=1S/C12H28N2/c1-5-8-9-12(14-10-6-2)11(4)13-7-3/h11-14H,5-10H2,1-4H3. The molecule has 2 nitrogen and oxygen atoms in total. The predicted octanol–water partition coefficient (Wildman–Crippen LogP) is 2.54. The van der Waals surface area contributed by atoms with E-state index in [-0.39, 0.29) is 0 Å². The van der Waals surface area contributed by atoms with Crippen LogP contribution in [0.15, 0.2) is 0 Å². The van der Waals surface area contributed by atoms with Crippen LogP contribution >= 0.6 is 0 Å². The van der Waals surface area contributed by atoms with Crippen LogP contribution in [0.2, 0.25) is 0 Å². The molecule has 2 atom stereocenters. The van der Waals surface area contributed by atoms with Crippen molar-refractivity contribution in [2.24, 2.45) is 0 Å². The van der Waals surface area contributed by atoms with Crippen molar-refractivity contribution in [3.63, 3.8) is 0 Å². The molecule has 0 aliphatic carbocycles. The second-order valence-electron chi connectivity index (χ2n) is 4.05. The largest absolute Gasteiger partial charge is 0.313 e. The van der Waals surface area contributed by atoms with Crippen LogP contribution in [0.5, 0.6) is 0 Å². The van der Waals surface area contributed by atoms with Crippen molar-refractivity contribution in [1.29, 1.82) is 0 Å². The van der Waals surface area contributed by atoms with Gasteiger partial charge in [-0.1, -0.05) is 33.6 Å². The first-order chi connectivity index (χ1) is 6.76.